The van der Waals surface area contributed by atoms with Crippen LogP contribution in [0.2, 0.25) is 0 Å². The molecule has 1 unspecified atom stereocenters. The third-order valence-corrected chi connectivity index (χ3v) is 5.27. The number of halogens is 1. The second-order valence-electron chi connectivity index (χ2n) is 7.90. The number of ketones is 1. The Morgan fingerprint density at radius 3 is 2.45 bits per heavy atom. The number of benzene rings is 2. The fourth-order valence-corrected chi connectivity index (χ4v) is 3.75. The Balaban J connectivity index is 1.82. The van der Waals surface area contributed by atoms with Crippen LogP contribution in [0.1, 0.15) is 43.9 Å². The van der Waals surface area contributed by atoms with E-state index in [0.29, 0.717) is 31.6 Å². The van der Waals surface area contributed by atoms with Crippen LogP contribution < -0.4 is 0 Å². The summed E-state index contributed by atoms with van der Waals surface area (Å²) in [7, 11) is 0. The molecule has 1 N–H and O–H groups in total. The Hall–Kier alpha value is -2.99. The highest BCUT2D eigenvalue weighted by atomic mass is 19.1. The standard InChI is InChI=1S/C25H28FNO4/c1-17(2)31-16-6-15-27-23(19-10-12-20(26)13-11-19)22(24(29)25(27)30)21(28)14-9-18-7-4-3-5-8-18/h3-5,7-8,10-13,17,23,29H,6,9,14-16H2,1-2H3. The van der Waals surface area contributed by atoms with Crippen LogP contribution in [0.25, 0.3) is 0 Å². The van der Waals surface area contributed by atoms with E-state index in [-0.39, 0.29) is 23.9 Å². The van der Waals surface area contributed by atoms with Gasteiger partial charge in [0.25, 0.3) is 5.91 Å². The molecule has 0 bridgehead atoms. The largest absolute Gasteiger partial charge is 0.503 e. The number of ether oxygens (including phenoxy) is 1. The van der Waals surface area contributed by atoms with Crippen molar-refractivity contribution in [1.82, 2.24) is 4.90 Å². The summed E-state index contributed by atoms with van der Waals surface area (Å²) < 4.78 is 19.0. The summed E-state index contributed by atoms with van der Waals surface area (Å²) in [6.45, 7) is 4.63. The van der Waals surface area contributed by atoms with Crippen molar-refractivity contribution in [2.45, 2.75) is 45.3 Å². The summed E-state index contributed by atoms with van der Waals surface area (Å²) in [6, 6.07) is 14.5. The fraction of sp³-hybridized carbons (Fsp3) is 0.360. The summed E-state index contributed by atoms with van der Waals surface area (Å²) in [4.78, 5) is 27.4. The molecule has 3 rings (SSSR count). The van der Waals surface area contributed by atoms with Crippen LogP contribution in [0.4, 0.5) is 4.39 Å². The second kappa shape index (κ2) is 10.4. The second-order valence-corrected chi connectivity index (χ2v) is 7.90. The molecule has 1 atom stereocenters. The summed E-state index contributed by atoms with van der Waals surface area (Å²) in [5.41, 5.74) is 1.67. The number of aryl methyl sites for hydroxylation is 1. The van der Waals surface area contributed by atoms with Gasteiger partial charge < -0.3 is 14.7 Å². The van der Waals surface area contributed by atoms with Gasteiger partial charge in [0, 0.05) is 19.6 Å². The highest BCUT2D eigenvalue weighted by molar-refractivity contribution is 6.09. The predicted octanol–water partition coefficient (Wildman–Crippen LogP) is 4.54. The number of nitrogens with zero attached hydrogens (tertiary/aromatic N) is 1. The minimum atomic E-state index is -0.740. The van der Waals surface area contributed by atoms with E-state index < -0.39 is 23.5 Å². The van der Waals surface area contributed by atoms with Gasteiger partial charge in [-0.05, 0) is 49.9 Å². The van der Waals surface area contributed by atoms with Crippen LogP contribution in [0.3, 0.4) is 0 Å². The molecule has 1 aliphatic rings. The van der Waals surface area contributed by atoms with E-state index in [1.807, 2.05) is 44.2 Å². The molecule has 1 aliphatic heterocycles. The van der Waals surface area contributed by atoms with Crippen molar-refractivity contribution in [1.29, 1.82) is 0 Å². The Bertz CT molecular complexity index is 938. The Morgan fingerprint density at radius 2 is 1.81 bits per heavy atom. The van der Waals surface area contributed by atoms with Crippen LogP contribution >= 0.6 is 0 Å². The van der Waals surface area contributed by atoms with E-state index in [1.165, 1.54) is 17.0 Å². The van der Waals surface area contributed by atoms with Crippen LogP contribution in [0.15, 0.2) is 65.9 Å². The lowest BCUT2D eigenvalue weighted by atomic mass is 9.93. The molecule has 0 aliphatic carbocycles. The van der Waals surface area contributed by atoms with E-state index in [2.05, 4.69) is 0 Å². The van der Waals surface area contributed by atoms with Gasteiger partial charge in [-0.25, -0.2) is 4.39 Å². The van der Waals surface area contributed by atoms with Gasteiger partial charge in [0.1, 0.15) is 5.82 Å². The van der Waals surface area contributed by atoms with Gasteiger partial charge >= 0.3 is 0 Å². The van der Waals surface area contributed by atoms with Gasteiger partial charge in [-0.15, -0.1) is 0 Å². The molecule has 1 heterocycles. The van der Waals surface area contributed by atoms with E-state index in [9.17, 15) is 19.1 Å². The molecule has 1 amide bonds. The van der Waals surface area contributed by atoms with Gasteiger partial charge in [0.15, 0.2) is 11.5 Å². The van der Waals surface area contributed by atoms with E-state index in [1.54, 1.807) is 12.1 Å². The zero-order chi connectivity index (χ0) is 22.4. The lowest BCUT2D eigenvalue weighted by Crippen LogP contribution is -2.32. The van der Waals surface area contributed by atoms with Gasteiger partial charge in [-0.2, -0.15) is 0 Å². The monoisotopic (exact) mass is 425 g/mol. The van der Waals surface area contributed by atoms with Crippen molar-refractivity contribution in [3.8, 4) is 0 Å². The number of hydrogen-bond donors (Lipinski definition) is 1. The number of hydrogen-bond acceptors (Lipinski definition) is 4. The number of amides is 1. The molecule has 0 aromatic heterocycles. The number of carbonyl (C=O) groups excluding carboxylic acids is 2. The average Bonchev–Trinajstić information content (AvgIpc) is 3.01. The van der Waals surface area contributed by atoms with Gasteiger partial charge in [-0.3, -0.25) is 9.59 Å². The number of rotatable bonds is 10. The maximum absolute atomic E-state index is 13.5. The highest BCUT2D eigenvalue weighted by Crippen LogP contribution is 2.38. The van der Waals surface area contributed by atoms with E-state index in [4.69, 9.17) is 4.74 Å². The first-order valence-corrected chi connectivity index (χ1v) is 10.6. The molecule has 5 nitrogen and oxygen atoms in total. The molecule has 6 heteroatoms. The van der Waals surface area contributed by atoms with Gasteiger partial charge in [0.2, 0.25) is 0 Å². The Labute approximate surface area is 182 Å². The summed E-state index contributed by atoms with van der Waals surface area (Å²) in [5, 5.41) is 10.6. The molecule has 2 aromatic rings. The SMILES string of the molecule is CC(C)OCCCN1C(=O)C(O)=C(C(=O)CCc2ccccc2)C1c1ccc(F)cc1. The zero-order valence-corrected chi connectivity index (χ0v) is 17.9. The number of aliphatic hydroxyl groups is 1. The molecule has 164 valence electrons. The molecule has 0 radical (unpaired) electrons. The molecule has 0 fully saturated rings. The number of Topliss-reactive ketones (excluding diaryl/α,β-unsaturated/α-hetero) is 1. The Kier molecular flexibility index (Phi) is 7.58. The maximum atomic E-state index is 13.5. The van der Waals surface area contributed by atoms with E-state index in [0.717, 1.165) is 5.56 Å². The normalized spacial score (nSPS) is 16.5. The van der Waals surface area contributed by atoms with Gasteiger partial charge in [0.05, 0.1) is 17.7 Å². The van der Waals surface area contributed by atoms with Crippen molar-refractivity contribution in [3.05, 3.63) is 82.9 Å². The van der Waals surface area contributed by atoms with Crippen LogP contribution in [0.5, 0.6) is 0 Å². The summed E-state index contributed by atoms with van der Waals surface area (Å²) in [5.74, 6) is -1.79. The summed E-state index contributed by atoms with van der Waals surface area (Å²) in [6.07, 6.45) is 1.30. The first-order valence-electron chi connectivity index (χ1n) is 10.6. The first-order chi connectivity index (χ1) is 14.9. The summed E-state index contributed by atoms with van der Waals surface area (Å²) >= 11 is 0. The average molecular weight is 426 g/mol. The van der Waals surface area contributed by atoms with E-state index >= 15 is 0 Å². The molecular formula is C25H28FNO4. The quantitative estimate of drug-likeness (QED) is 0.568. The molecule has 0 saturated heterocycles. The highest BCUT2D eigenvalue weighted by Gasteiger charge is 2.42. The maximum Gasteiger partial charge on any atom is 0.290 e. The smallest absolute Gasteiger partial charge is 0.290 e. The molecular weight excluding hydrogens is 397 g/mol. The number of aliphatic hydroxyl groups excluding tert-OH is 1. The molecule has 0 saturated carbocycles. The van der Waals surface area contributed by atoms with Crippen molar-refractivity contribution >= 4 is 11.7 Å². The lowest BCUT2D eigenvalue weighted by molar-refractivity contribution is -0.129. The lowest BCUT2D eigenvalue weighted by Gasteiger charge is -2.27. The van der Waals surface area contributed by atoms with Crippen molar-refractivity contribution in [2.24, 2.45) is 0 Å². The topological polar surface area (TPSA) is 66.8 Å². The number of carbonyl (C=O) groups is 2. The minimum absolute atomic E-state index is 0.0730. The first kappa shape index (κ1) is 22.7. The Morgan fingerprint density at radius 1 is 1.13 bits per heavy atom. The van der Waals surface area contributed by atoms with Crippen LogP contribution in [-0.4, -0.2) is 41.0 Å². The third-order valence-electron chi connectivity index (χ3n) is 5.27. The van der Waals surface area contributed by atoms with Crippen molar-refractivity contribution in [3.63, 3.8) is 0 Å². The molecule has 31 heavy (non-hydrogen) atoms. The zero-order valence-electron chi connectivity index (χ0n) is 17.9. The molecule has 0 spiro atoms. The third kappa shape index (κ3) is 5.58. The van der Waals surface area contributed by atoms with Crippen LogP contribution in [0, 0.1) is 5.82 Å². The molecule has 2 aromatic carbocycles. The van der Waals surface area contributed by atoms with Crippen molar-refractivity contribution < 1.29 is 23.8 Å². The predicted molar refractivity (Wildman–Crippen MR) is 116 cm³/mol. The van der Waals surface area contributed by atoms with Gasteiger partial charge in [-0.1, -0.05) is 42.5 Å². The van der Waals surface area contributed by atoms with Crippen LogP contribution in [-0.2, 0) is 20.7 Å². The van der Waals surface area contributed by atoms with Crippen molar-refractivity contribution in [2.75, 3.05) is 13.2 Å². The minimum Gasteiger partial charge on any atom is -0.503 e. The fourth-order valence-electron chi connectivity index (χ4n) is 3.75.